The van der Waals surface area contributed by atoms with Crippen molar-refractivity contribution in [2.24, 2.45) is 5.41 Å². The van der Waals surface area contributed by atoms with E-state index in [4.69, 9.17) is 16.3 Å². The number of hydrogen-bond acceptors (Lipinski definition) is 4. The lowest BCUT2D eigenvalue weighted by Crippen LogP contribution is -2.42. The number of aromatic nitrogens is 3. The molecule has 2 heterocycles. The van der Waals surface area contributed by atoms with Crippen molar-refractivity contribution in [1.29, 1.82) is 0 Å². The quantitative estimate of drug-likeness (QED) is 0.474. The van der Waals surface area contributed by atoms with E-state index in [1.165, 1.54) is 6.33 Å². The van der Waals surface area contributed by atoms with Crippen molar-refractivity contribution >= 4 is 22.6 Å². The van der Waals surface area contributed by atoms with Crippen LogP contribution in [0.15, 0.2) is 31.2 Å². The summed E-state index contributed by atoms with van der Waals surface area (Å²) in [5.74, 6) is -1.24. The molecule has 2 rings (SSSR count). The average molecular weight is 338 g/mol. The lowest BCUT2D eigenvalue weighted by Gasteiger charge is -2.38. The molecular weight excluding hydrogens is 314 g/mol. The van der Waals surface area contributed by atoms with E-state index >= 15 is 0 Å². The zero-order valence-electron chi connectivity index (χ0n) is 14.1. The van der Waals surface area contributed by atoms with Crippen LogP contribution in [0.3, 0.4) is 0 Å². The van der Waals surface area contributed by atoms with Crippen molar-refractivity contribution in [1.82, 2.24) is 14.5 Å². The second-order valence-corrected chi connectivity index (χ2v) is 6.84. The highest BCUT2D eigenvalue weighted by atomic mass is 35.5. The Labute approximate surface area is 142 Å². The third-order valence-corrected chi connectivity index (χ3v) is 4.57. The van der Waals surface area contributed by atoms with Crippen LogP contribution < -0.4 is 0 Å². The van der Waals surface area contributed by atoms with E-state index in [-0.39, 0.29) is 11.5 Å². The maximum absolute atomic E-state index is 10.1. The summed E-state index contributed by atoms with van der Waals surface area (Å²) < 4.78 is 7.89. The third kappa shape index (κ3) is 3.91. The predicted molar refractivity (Wildman–Crippen MR) is 92.3 cm³/mol. The Kier molecular flexibility index (Phi) is 5.14. The summed E-state index contributed by atoms with van der Waals surface area (Å²) in [4.78, 5) is 8.30. The minimum Gasteiger partial charge on any atom is -0.366 e. The molecule has 0 radical (unpaired) electrons. The van der Waals surface area contributed by atoms with Gasteiger partial charge in [-0.05, 0) is 26.3 Å². The Balaban J connectivity index is 2.40. The van der Waals surface area contributed by atoms with Crippen LogP contribution in [0.25, 0.3) is 11.0 Å². The molecule has 2 aromatic heterocycles. The topological polar surface area (TPSA) is 60.2 Å². The normalized spacial score (nSPS) is 16.3. The summed E-state index contributed by atoms with van der Waals surface area (Å²) in [7, 11) is 0. The fraction of sp³-hybridized carbons (Fsp3) is 0.529. The number of ether oxygens (including phenoxy) is 1. The molecule has 0 saturated heterocycles. The number of fused-ring (bicyclic) bond motifs is 1. The highest BCUT2D eigenvalue weighted by Crippen LogP contribution is 2.33. The van der Waals surface area contributed by atoms with Gasteiger partial charge in [-0.25, -0.2) is 9.97 Å². The van der Waals surface area contributed by atoms with Gasteiger partial charge in [0, 0.05) is 11.6 Å². The summed E-state index contributed by atoms with van der Waals surface area (Å²) in [5.41, 5.74) is 0.463. The van der Waals surface area contributed by atoms with Crippen LogP contribution in [0.5, 0.6) is 0 Å². The van der Waals surface area contributed by atoms with Crippen LogP contribution in [-0.2, 0) is 11.3 Å². The lowest BCUT2D eigenvalue weighted by molar-refractivity contribution is -0.227. The van der Waals surface area contributed by atoms with Crippen LogP contribution in [0.2, 0.25) is 5.15 Å². The van der Waals surface area contributed by atoms with Crippen molar-refractivity contribution < 1.29 is 9.84 Å². The van der Waals surface area contributed by atoms with E-state index < -0.39 is 5.79 Å². The molecule has 6 heteroatoms. The van der Waals surface area contributed by atoms with Crippen LogP contribution in [0, 0.1) is 5.41 Å². The van der Waals surface area contributed by atoms with Gasteiger partial charge in [0.25, 0.3) is 0 Å². The first-order valence-electron chi connectivity index (χ1n) is 7.69. The fourth-order valence-electron chi connectivity index (χ4n) is 2.53. The zero-order chi connectivity index (χ0) is 17.3. The minimum absolute atomic E-state index is 0.269. The second kappa shape index (κ2) is 6.59. The Morgan fingerprint density at radius 1 is 1.43 bits per heavy atom. The van der Waals surface area contributed by atoms with E-state index in [0.29, 0.717) is 11.7 Å². The summed E-state index contributed by atoms with van der Waals surface area (Å²) in [6, 6.07) is 1.88. The van der Waals surface area contributed by atoms with Crippen molar-refractivity contribution in [2.75, 3.05) is 0 Å². The van der Waals surface area contributed by atoms with Crippen molar-refractivity contribution in [3.63, 3.8) is 0 Å². The number of hydrogen-bond donors (Lipinski definition) is 1. The molecule has 0 bridgehead atoms. The molecule has 0 aliphatic heterocycles. The molecule has 0 aliphatic rings. The van der Waals surface area contributed by atoms with Gasteiger partial charge in [0.2, 0.25) is 0 Å². The Hall–Kier alpha value is -1.43. The van der Waals surface area contributed by atoms with Crippen LogP contribution >= 0.6 is 11.6 Å². The second-order valence-electron chi connectivity index (χ2n) is 6.49. The van der Waals surface area contributed by atoms with Gasteiger partial charge in [-0.1, -0.05) is 31.5 Å². The van der Waals surface area contributed by atoms with Crippen LogP contribution in [-0.4, -0.2) is 31.5 Å². The number of nitrogens with zero attached hydrogens (tertiary/aromatic N) is 3. The van der Waals surface area contributed by atoms with E-state index in [0.717, 1.165) is 17.5 Å². The number of rotatable bonds is 7. The monoisotopic (exact) mass is 337 g/mol. The van der Waals surface area contributed by atoms with Crippen LogP contribution in [0.1, 0.15) is 34.1 Å². The SMILES string of the molecule is C=C[C@@](C)(CC)[C@H](Cn1ccc2c(Cl)ncnc21)OC(C)(C)O. The fourth-order valence-corrected chi connectivity index (χ4v) is 2.72. The first-order chi connectivity index (χ1) is 10.7. The third-order valence-electron chi connectivity index (χ3n) is 4.26. The lowest BCUT2D eigenvalue weighted by atomic mass is 9.81. The molecule has 126 valence electrons. The predicted octanol–water partition coefficient (Wildman–Crippen LogP) is 3.80. The highest BCUT2D eigenvalue weighted by Gasteiger charge is 2.35. The molecule has 0 aliphatic carbocycles. The summed E-state index contributed by atoms with van der Waals surface area (Å²) >= 11 is 6.11. The minimum atomic E-state index is -1.24. The van der Waals surface area contributed by atoms with Gasteiger partial charge in [-0.15, -0.1) is 6.58 Å². The average Bonchev–Trinajstić information content (AvgIpc) is 2.89. The molecule has 5 nitrogen and oxygen atoms in total. The summed E-state index contributed by atoms with van der Waals surface area (Å²) in [6.45, 7) is 11.9. The van der Waals surface area contributed by atoms with Crippen LogP contribution in [0.4, 0.5) is 0 Å². The zero-order valence-corrected chi connectivity index (χ0v) is 14.8. The van der Waals surface area contributed by atoms with Gasteiger partial charge in [-0.2, -0.15) is 0 Å². The molecule has 2 aromatic rings. The Bertz CT molecular complexity index is 693. The van der Waals surface area contributed by atoms with Crippen molar-refractivity contribution in [2.45, 2.75) is 52.6 Å². The summed E-state index contributed by atoms with van der Waals surface area (Å²) in [5, 5.41) is 11.3. The molecule has 0 spiro atoms. The number of aliphatic hydroxyl groups is 1. The van der Waals surface area contributed by atoms with Gasteiger partial charge in [-0.3, -0.25) is 0 Å². The Morgan fingerprint density at radius 3 is 2.70 bits per heavy atom. The molecule has 23 heavy (non-hydrogen) atoms. The molecule has 0 amide bonds. The van der Waals surface area contributed by atoms with Gasteiger partial charge >= 0.3 is 0 Å². The molecular formula is C17H24ClN3O2. The van der Waals surface area contributed by atoms with Crippen molar-refractivity contribution in [3.05, 3.63) is 36.4 Å². The van der Waals surface area contributed by atoms with Gasteiger partial charge in [0.15, 0.2) is 5.79 Å². The maximum Gasteiger partial charge on any atom is 0.160 e. The van der Waals surface area contributed by atoms with E-state index in [1.807, 2.05) is 22.9 Å². The molecule has 2 atom stereocenters. The standard InChI is InChI=1S/C17H24ClN3O2/c1-6-17(5,7-2)13(23-16(3,4)22)10-21-9-8-12-14(18)19-11-20-15(12)21/h6,8-9,11,13,22H,1,7,10H2,2-5H3/t13-,17-/m0/s1. The molecule has 0 saturated carbocycles. The van der Waals surface area contributed by atoms with Crippen molar-refractivity contribution in [3.8, 4) is 0 Å². The molecule has 0 aromatic carbocycles. The first kappa shape index (κ1) is 17.9. The highest BCUT2D eigenvalue weighted by molar-refractivity contribution is 6.33. The number of halogens is 1. The maximum atomic E-state index is 10.1. The smallest absolute Gasteiger partial charge is 0.160 e. The molecule has 0 unspecified atom stereocenters. The van der Waals surface area contributed by atoms with E-state index in [9.17, 15) is 5.11 Å². The molecule has 0 fully saturated rings. The van der Waals surface area contributed by atoms with E-state index in [1.54, 1.807) is 13.8 Å². The van der Waals surface area contributed by atoms with E-state index in [2.05, 4.69) is 30.4 Å². The molecule has 1 N–H and O–H groups in total. The Morgan fingerprint density at radius 2 is 2.13 bits per heavy atom. The first-order valence-corrected chi connectivity index (χ1v) is 8.07. The largest absolute Gasteiger partial charge is 0.366 e. The van der Waals surface area contributed by atoms with Gasteiger partial charge in [0.05, 0.1) is 18.0 Å². The van der Waals surface area contributed by atoms with Gasteiger partial charge in [0.1, 0.15) is 17.1 Å². The van der Waals surface area contributed by atoms with Gasteiger partial charge < -0.3 is 14.4 Å². The summed E-state index contributed by atoms with van der Waals surface area (Å²) in [6.07, 6.45) is 5.81.